The maximum absolute atomic E-state index is 13.4. The van der Waals surface area contributed by atoms with Crippen LogP contribution in [0.15, 0.2) is 77.6 Å². The molecule has 1 aromatic heterocycles. The lowest BCUT2D eigenvalue weighted by molar-refractivity contribution is 0.408. The SMILES string of the molecule is COc1ccccc1Cn1c(-c2ccc(F)cc2)nc2ccccc2c1=O. The van der Waals surface area contributed by atoms with Crippen LogP contribution in [-0.4, -0.2) is 16.7 Å². The molecular formula is C22H17FN2O2. The molecule has 0 saturated heterocycles. The van der Waals surface area contributed by atoms with Gasteiger partial charge in [-0.2, -0.15) is 0 Å². The number of benzene rings is 3. The minimum Gasteiger partial charge on any atom is -0.496 e. The van der Waals surface area contributed by atoms with E-state index in [9.17, 15) is 9.18 Å². The Kier molecular flexibility index (Phi) is 4.42. The molecule has 0 radical (unpaired) electrons. The zero-order valence-corrected chi connectivity index (χ0v) is 14.7. The first-order valence-corrected chi connectivity index (χ1v) is 8.55. The minimum absolute atomic E-state index is 0.147. The normalized spacial score (nSPS) is 10.9. The van der Waals surface area contributed by atoms with E-state index in [0.29, 0.717) is 34.6 Å². The lowest BCUT2D eigenvalue weighted by atomic mass is 10.1. The van der Waals surface area contributed by atoms with E-state index < -0.39 is 0 Å². The van der Waals surface area contributed by atoms with E-state index in [4.69, 9.17) is 4.74 Å². The van der Waals surface area contributed by atoms with Gasteiger partial charge >= 0.3 is 0 Å². The number of halogens is 1. The molecule has 4 rings (SSSR count). The molecule has 0 aliphatic heterocycles. The molecule has 1 heterocycles. The largest absolute Gasteiger partial charge is 0.496 e. The van der Waals surface area contributed by atoms with Crippen molar-refractivity contribution in [1.82, 2.24) is 9.55 Å². The zero-order chi connectivity index (χ0) is 18.8. The third kappa shape index (κ3) is 3.19. The molecule has 0 N–H and O–H groups in total. The highest BCUT2D eigenvalue weighted by molar-refractivity contribution is 5.79. The minimum atomic E-state index is -0.335. The van der Waals surface area contributed by atoms with E-state index in [-0.39, 0.29) is 11.4 Å². The average Bonchev–Trinajstić information content (AvgIpc) is 2.71. The number of rotatable bonds is 4. The summed E-state index contributed by atoms with van der Waals surface area (Å²) in [6, 6.07) is 20.8. The second-order valence-corrected chi connectivity index (χ2v) is 6.16. The van der Waals surface area contributed by atoms with Crippen LogP contribution in [0.4, 0.5) is 4.39 Å². The van der Waals surface area contributed by atoms with Crippen molar-refractivity contribution in [3.63, 3.8) is 0 Å². The molecule has 3 aromatic carbocycles. The van der Waals surface area contributed by atoms with Crippen molar-refractivity contribution < 1.29 is 9.13 Å². The van der Waals surface area contributed by atoms with Crippen LogP contribution >= 0.6 is 0 Å². The van der Waals surface area contributed by atoms with E-state index in [1.54, 1.807) is 35.9 Å². The number of nitrogens with zero attached hydrogens (tertiary/aromatic N) is 2. The van der Waals surface area contributed by atoms with Crippen LogP contribution in [0.2, 0.25) is 0 Å². The quantitative estimate of drug-likeness (QED) is 0.546. The molecule has 5 heteroatoms. The molecule has 0 amide bonds. The van der Waals surface area contributed by atoms with Gasteiger partial charge < -0.3 is 4.74 Å². The van der Waals surface area contributed by atoms with E-state index >= 15 is 0 Å². The van der Waals surface area contributed by atoms with Gasteiger partial charge in [-0.15, -0.1) is 0 Å². The monoisotopic (exact) mass is 360 g/mol. The van der Waals surface area contributed by atoms with Gasteiger partial charge in [0.05, 0.1) is 24.6 Å². The Morgan fingerprint density at radius 2 is 1.67 bits per heavy atom. The van der Waals surface area contributed by atoms with Gasteiger partial charge in [-0.1, -0.05) is 30.3 Å². The summed E-state index contributed by atoms with van der Waals surface area (Å²) in [4.78, 5) is 17.9. The van der Waals surface area contributed by atoms with Crippen LogP contribution in [0.5, 0.6) is 5.75 Å². The second kappa shape index (κ2) is 7.03. The summed E-state index contributed by atoms with van der Waals surface area (Å²) in [5.41, 5.74) is 2.00. The molecule has 0 saturated carbocycles. The van der Waals surface area contributed by atoms with Crippen molar-refractivity contribution in [3.8, 4) is 17.1 Å². The number of hydrogen-bond donors (Lipinski definition) is 0. The van der Waals surface area contributed by atoms with Crippen LogP contribution in [0.1, 0.15) is 5.56 Å². The maximum Gasteiger partial charge on any atom is 0.261 e. The van der Waals surface area contributed by atoms with Gasteiger partial charge in [0.15, 0.2) is 0 Å². The molecule has 0 atom stereocenters. The molecule has 134 valence electrons. The van der Waals surface area contributed by atoms with Crippen molar-refractivity contribution in [2.75, 3.05) is 7.11 Å². The van der Waals surface area contributed by atoms with Gasteiger partial charge in [-0.25, -0.2) is 9.37 Å². The van der Waals surface area contributed by atoms with Gasteiger partial charge in [-0.05, 0) is 42.5 Å². The first kappa shape index (κ1) is 17.0. The number of hydrogen-bond acceptors (Lipinski definition) is 3. The number of para-hydroxylation sites is 2. The van der Waals surface area contributed by atoms with Crippen molar-refractivity contribution >= 4 is 10.9 Å². The maximum atomic E-state index is 13.4. The van der Waals surface area contributed by atoms with Crippen molar-refractivity contribution in [2.24, 2.45) is 0 Å². The number of methoxy groups -OCH3 is 1. The highest BCUT2D eigenvalue weighted by Gasteiger charge is 2.14. The number of ether oxygens (including phenoxy) is 1. The lowest BCUT2D eigenvalue weighted by Crippen LogP contribution is -2.24. The Bertz CT molecular complexity index is 1170. The Labute approximate surface area is 155 Å². The van der Waals surface area contributed by atoms with Crippen molar-refractivity contribution in [3.05, 3.63) is 94.5 Å². The number of fused-ring (bicyclic) bond motifs is 1. The van der Waals surface area contributed by atoms with E-state index in [2.05, 4.69) is 4.98 Å². The molecule has 4 aromatic rings. The van der Waals surface area contributed by atoms with E-state index in [0.717, 1.165) is 5.56 Å². The standard InChI is InChI=1S/C22H17FN2O2/c1-27-20-9-5-2-6-16(20)14-25-21(15-10-12-17(23)13-11-15)24-19-8-4-3-7-18(19)22(25)26/h2-13H,14H2,1H3. The van der Waals surface area contributed by atoms with Gasteiger partial charge in [0.2, 0.25) is 0 Å². The third-order valence-corrected chi connectivity index (χ3v) is 4.49. The molecule has 4 nitrogen and oxygen atoms in total. The topological polar surface area (TPSA) is 44.1 Å². The molecule has 0 spiro atoms. The Hall–Kier alpha value is -3.47. The highest BCUT2D eigenvalue weighted by atomic mass is 19.1. The molecule has 0 bridgehead atoms. The molecule has 0 aliphatic carbocycles. The zero-order valence-electron chi connectivity index (χ0n) is 14.7. The first-order chi connectivity index (χ1) is 13.2. The lowest BCUT2D eigenvalue weighted by Gasteiger charge is -2.15. The second-order valence-electron chi connectivity index (χ2n) is 6.16. The summed E-state index contributed by atoms with van der Waals surface area (Å²) in [6.07, 6.45) is 0. The fraction of sp³-hybridized carbons (Fsp3) is 0.0909. The van der Waals surface area contributed by atoms with Gasteiger partial charge in [0.1, 0.15) is 17.4 Å². The highest BCUT2D eigenvalue weighted by Crippen LogP contribution is 2.23. The van der Waals surface area contributed by atoms with Crippen LogP contribution in [0.25, 0.3) is 22.3 Å². The number of aromatic nitrogens is 2. The summed E-state index contributed by atoms with van der Waals surface area (Å²) >= 11 is 0. The smallest absolute Gasteiger partial charge is 0.261 e. The van der Waals surface area contributed by atoms with E-state index in [1.165, 1.54) is 12.1 Å². The summed E-state index contributed by atoms with van der Waals surface area (Å²) in [5, 5.41) is 0.540. The molecular weight excluding hydrogens is 343 g/mol. The Morgan fingerprint density at radius 3 is 2.44 bits per heavy atom. The molecule has 0 fully saturated rings. The van der Waals surface area contributed by atoms with Crippen LogP contribution in [0, 0.1) is 5.82 Å². The van der Waals surface area contributed by atoms with Gasteiger partial charge in [0, 0.05) is 11.1 Å². The van der Waals surface area contributed by atoms with Gasteiger partial charge in [0.25, 0.3) is 5.56 Å². The summed E-state index contributed by atoms with van der Waals surface area (Å²) in [7, 11) is 1.60. The first-order valence-electron chi connectivity index (χ1n) is 8.55. The van der Waals surface area contributed by atoms with Crippen LogP contribution in [-0.2, 0) is 6.54 Å². The molecule has 0 unspecified atom stereocenters. The van der Waals surface area contributed by atoms with E-state index in [1.807, 2.05) is 36.4 Å². The predicted molar refractivity (Wildman–Crippen MR) is 103 cm³/mol. The fourth-order valence-electron chi connectivity index (χ4n) is 3.14. The Morgan fingerprint density at radius 1 is 0.963 bits per heavy atom. The van der Waals surface area contributed by atoms with Crippen LogP contribution < -0.4 is 10.3 Å². The molecule has 27 heavy (non-hydrogen) atoms. The summed E-state index contributed by atoms with van der Waals surface area (Å²) in [6.45, 7) is 0.299. The summed E-state index contributed by atoms with van der Waals surface area (Å²) in [5.74, 6) is 0.852. The van der Waals surface area contributed by atoms with Crippen molar-refractivity contribution in [2.45, 2.75) is 6.54 Å². The summed E-state index contributed by atoms with van der Waals surface area (Å²) < 4.78 is 20.4. The fourth-order valence-corrected chi connectivity index (χ4v) is 3.14. The Balaban J connectivity index is 1.96. The van der Waals surface area contributed by atoms with Crippen LogP contribution in [0.3, 0.4) is 0 Å². The van der Waals surface area contributed by atoms with Crippen molar-refractivity contribution in [1.29, 1.82) is 0 Å². The predicted octanol–water partition coefficient (Wildman–Crippen LogP) is 4.26. The molecule has 0 aliphatic rings. The third-order valence-electron chi connectivity index (χ3n) is 4.49. The average molecular weight is 360 g/mol. The van der Waals surface area contributed by atoms with Gasteiger partial charge in [-0.3, -0.25) is 9.36 Å².